The van der Waals surface area contributed by atoms with Crippen molar-refractivity contribution in [1.82, 2.24) is 10.6 Å². The second-order valence-corrected chi connectivity index (χ2v) is 10.3. The molecule has 6 nitrogen and oxygen atoms in total. The van der Waals surface area contributed by atoms with Crippen LogP contribution >= 0.6 is 11.6 Å². The third-order valence-electron chi connectivity index (χ3n) is 7.32. The number of benzene rings is 1. The van der Waals surface area contributed by atoms with E-state index >= 15 is 0 Å². The first-order valence-electron chi connectivity index (χ1n) is 11.5. The van der Waals surface area contributed by atoms with E-state index in [2.05, 4.69) is 10.6 Å². The standard InChI is InChI=1S/C24H33ClN2O4/c25-21-4-3-16(14-31-6-2-1-5-26-23(29)30)10-20(21)22(28)27-15-24-11-17-7-18(12-24)9-19(8-17)13-24/h3-4,10,17-19,26H,1-2,5-9,11-15H2,(H,27,28)(H,29,30). The molecule has 0 unspecified atom stereocenters. The van der Waals surface area contributed by atoms with Crippen LogP contribution in [0.3, 0.4) is 0 Å². The van der Waals surface area contributed by atoms with E-state index in [0.29, 0.717) is 35.8 Å². The van der Waals surface area contributed by atoms with Crippen LogP contribution in [0.5, 0.6) is 0 Å². The topological polar surface area (TPSA) is 87.7 Å². The summed E-state index contributed by atoms with van der Waals surface area (Å²) in [5.74, 6) is 2.51. The van der Waals surface area contributed by atoms with Crippen molar-refractivity contribution in [3.63, 3.8) is 0 Å². The van der Waals surface area contributed by atoms with Crippen LogP contribution in [0.1, 0.15) is 67.3 Å². The first-order chi connectivity index (χ1) is 14.9. The molecule has 4 saturated carbocycles. The van der Waals surface area contributed by atoms with Gasteiger partial charge in [0.15, 0.2) is 0 Å². The van der Waals surface area contributed by atoms with Gasteiger partial charge in [-0.25, -0.2) is 4.79 Å². The minimum absolute atomic E-state index is 0.0951. The SMILES string of the molecule is O=C(O)NCCCCOCc1ccc(Cl)c(C(=O)NCC23CC4CC(CC(C4)C2)C3)c1. The third-order valence-corrected chi connectivity index (χ3v) is 7.65. The average molecular weight is 449 g/mol. The smallest absolute Gasteiger partial charge is 0.404 e. The zero-order chi connectivity index (χ0) is 21.8. The number of hydrogen-bond donors (Lipinski definition) is 3. The molecule has 0 radical (unpaired) electrons. The van der Waals surface area contributed by atoms with Crippen molar-refractivity contribution in [1.29, 1.82) is 0 Å². The molecule has 0 spiro atoms. The van der Waals surface area contributed by atoms with Gasteiger partial charge in [-0.2, -0.15) is 0 Å². The van der Waals surface area contributed by atoms with Gasteiger partial charge < -0.3 is 20.5 Å². The van der Waals surface area contributed by atoms with Crippen molar-refractivity contribution in [2.24, 2.45) is 23.2 Å². The largest absolute Gasteiger partial charge is 0.465 e. The van der Waals surface area contributed by atoms with E-state index in [-0.39, 0.29) is 5.91 Å². The van der Waals surface area contributed by atoms with E-state index in [9.17, 15) is 9.59 Å². The van der Waals surface area contributed by atoms with Crippen LogP contribution < -0.4 is 10.6 Å². The summed E-state index contributed by atoms with van der Waals surface area (Å²) in [6.07, 6.45) is 8.49. The van der Waals surface area contributed by atoms with Crippen molar-refractivity contribution in [2.45, 2.75) is 58.0 Å². The van der Waals surface area contributed by atoms with Crippen LogP contribution in [0.15, 0.2) is 18.2 Å². The molecule has 2 amide bonds. The highest BCUT2D eigenvalue weighted by Gasteiger charge is 2.50. The zero-order valence-corrected chi connectivity index (χ0v) is 18.8. The number of unbranched alkanes of at least 4 members (excludes halogenated alkanes) is 1. The molecule has 170 valence electrons. The Morgan fingerprint density at radius 2 is 1.74 bits per heavy atom. The Hall–Kier alpha value is -1.79. The first kappa shape index (κ1) is 22.4. The number of rotatable bonds is 10. The fraction of sp³-hybridized carbons (Fsp3) is 0.667. The molecular weight excluding hydrogens is 416 g/mol. The van der Waals surface area contributed by atoms with Crippen LogP contribution in [-0.4, -0.2) is 36.8 Å². The number of hydrogen-bond acceptors (Lipinski definition) is 3. The van der Waals surface area contributed by atoms with Crippen molar-refractivity contribution in [2.75, 3.05) is 19.7 Å². The Balaban J connectivity index is 1.25. The number of carbonyl (C=O) groups excluding carboxylic acids is 1. The van der Waals surface area contributed by atoms with Crippen molar-refractivity contribution in [3.05, 3.63) is 34.3 Å². The van der Waals surface area contributed by atoms with E-state index in [1.165, 1.54) is 38.5 Å². The molecule has 0 heterocycles. The van der Waals surface area contributed by atoms with E-state index in [1.54, 1.807) is 6.07 Å². The summed E-state index contributed by atoms with van der Waals surface area (Å²) in [6.45, 7) is 2.13. The van der Waals surface area contributed by atoms with Gasteiger partial charge in [-0.3, -0.25) is 4.79 Å². The van der Waals surface area contributed by atoms with E-state index in [1.807, 2.05) is 12.1 Å². The molecule has 4 aliphatic rings. The predicted octanol–water partition coefficient (Wildman–Crippen LogP) is 4.85. The highest BCUT2D eigenvalue weighted by Crippen LogP contribution is 2.59. The number of carboxylic acid groups (broad SMARTS) is 1. The lowest BCUT2D eigenvalue weighted by Gasteiger charge is -2.56. The molecule has 4 bridgehead atoms. The number of ether oxygens (including phenoxy) is 1. The fourth-order valence-electron chi connectivity index (χ4n) is 6.42. The van der Waals surface area contributed by atoms with Crippen molar-refractivity contribution in [3.8, 4) is 0 Å². The van der Waals surface area contributed by atoms with E-state index in [0.717, 1.165) is 42.7 Å². The van der Waals surface area contributed by atoms with Crippen molar-refractivity contribution < 1.29 is 19.4 Å². The molecule has 0 aliphatic heterocycles. The third kappa shape index (κ3) is 5.72. The van der Waals surface area contributed by atoms with Gasteiger partial charge in [0.25, 0.3) is 5.91 Å². The minimum Gasteiger partial charge on any atom is -0.465 e. The number of carbonyl (C=O) groups is 2. The second-order valence-electron chi connectivity index (χ2n) is 9.91. The molecule has 1 aromatic carbocycles. The molecule has 4 aliphatic carbocycles. The summed E-state index contributed by atoms with van der Waals surface area (Å²) in [7, 11) is 0. The van der Waals surface area contributed by atoms with Crippen LogP contribution in [0.25, 0.3) is 0 Å². The quantitative estimate of drug-likeness (QED) is 0.446. The lowest BCUT2D eigenvalue weighted by atomic mass is 9.49. The first-order valence-corrected chi connectivity index (χ1v) is 11.9. The summed E-state index contributed by atoms with van der Waals surface area (Å²) in [5.41, 5.74) is 1.72. The lowest BCUT2D eigenvalue weighted by Crippen LogP contribution is -2.51. The Morgan fingerprint density at radius 3 is 2.39 bits per heavy atom. The molecule has 0 saturated heterocycles. The summed E-state index contributed by atoms with van der Waals surface area (Å²) in [6, 6.07) is 5.46. The summed E-state index contributed by atoms with van der Waals surface area (Å²) < 4.78 is 5.68. The van der Waals surface area contributed by atoms with Gasteiger partial charge in [0.2, 0.25) is 0 Å². The van der Waals surface area contributed by atoms with Crippen LogP contribution in [0.4, 0.5) is 4.79 Å². The van der Waals surface area contributed by atoms with Gasteiger partial charge in [0.05, 0.1) is 17.2 Å². The molecule has 0 atom stereocenters. The Morgan fingerprint density at radius 1 is 1.06 bits per heavy atom. The minimum atomic E-state index is -1.00. The molecule has 0 aromatic heterocycles. The molecule has 3 N–H and O–H groups in total. The predicted molar refractivity (Wildman–Crippen MR) is 119 cm³/mol. The molecule has 1 aromatic rings. The highest BCUT2D eigenvalue weighted by molar-refractivity contribution is 6.33. The second kappa shape index (κ2) is 9.78. The van der Waals surface area contributed by atoms with Crippen LogP contribution in [-0.2, 0) is 11.3 Å². The van der Waals surface area contributed by atoms with Gasteiger partial charge in [0.1, 0.15) is 0 Å². The summed E-state index contributed by atoms with van der Waals surface area (Å²) in [5, 5.41) is 14.5. The number of nitrogens with one attached hydrogen (secondary N) is 2. The lowest BCUT2D eigenvalue weighted by molar-refractivity contribution is -0.0503. The molecular formula is C24H33ClN2O4. The Bertz CT molecular complexity index is 777. The van der Waals surface area contributed by atoms with Gasteiger partial charge in [-0.15, -0.1) is 0 Å². The summed E-state index contributed by atoms with van der Waals surface area (Å²) >= 11 is 6.33. The van der Waals surface area contributed by atoms with Gasteiger partial charge in [-0.1, -0.05) is 17.7 Å². The van der Waals surface area contributed by atoms with Gasteiger partial charge >= 0.3 is 6.09 Å². The maximum absolute atomic E-state index is 12.9. The Labute approximate surface area is 189 Å². The number of amides is 2. The number of halogens is 1. The average Bonchev–Trinajstić information content (AvgIpc) is 2.71. The van der Waals surface area contributed by atoms with E-state index < -0.39 is 6.09 Å². The highest BCUT2D eigenvalue weighted by atomic mass is 35.5. The molecule has 4 fully saturated rings. The van der Waals surface area contributed by atoms with Crippen LogP contribution in [0.2, 0.25) is 5.02 Å². The Kier molecular flexibility index (Phi) is 7.07. The maximum atomic E-state index is 12.9. The maximum Gasteiger partial charge on any atom is 0.404 e. The van der Waals surface area contributed by atoms with Gasteiger partial charge in [-0.05, 0) is 92.2 Å². The molecule has 7 heteroatoms. The fourth-order valence-corrected chi connectivity index (χ4v) is 6.62. The monoisotopic (exact) mass is 448 g/mol. The van der Waals surface area contributed by atoms with Crippen LogP contribution in [0, 0.1) is 23.2 Å². The summed E-state index contributed by atoms with van der Waals surface area (Å²) in [4.78, 5) is 23.3. The zero-order valence-electron chi connectivity index (χ0n) is 18.0. The van der Waals surface area contributed by atoms with Crippen molar-refractivity contribution >= 4 is 23.6 Å². The van der Waals surface area contributed by atoms with E-state index in [4.69, 9.17) is 21.4 Å². The molecule has 31 heavy (non-hydrogen) atoms. The molecule has 5 rings (SSSR count). The normalized spacial score (nSPS) is 28.5. The van der Waals surface area contributed by atoms with Gasteiger partial charge in [0, 0.05) is 19.7 Å².